The first-order chi connectivity index (χ1) is 9.54. The van der Waals surface area contributed by atoms with Crippen molar-refractivity contribution in [1.29, 1.82) is 0 Å². The van der Waals surface area contributed by atoms with Crippen LogP contribution in [0.2, 0.25) is 0 Å². The van der Waals surface area contributed by atoms with Gasteiger partial charge in [-0.3, -0.25) is 15.0 Å². The first kappa shape index (κ1) is 14.9. The van der Waals surface area contributed by atoms with E-state index in [0.717, 1.165) is 19.3 Å². The van der Waals surface area contributed by atoms with Crippen molar-refractivity contribution in [3.63, 3.8) is 0 Å². The van der Waals surface area contributed by atoms with Crippen LogP contribution in [0.4, 0.5) is 10.1 Å². The molecule has 2 atom stereocenters. The number of halogens is 1. The van der Waals surface area contributed by atoms with Gasteiger partial charge in [0.2, 0.25) is 5.82 Å². The minimum atomic E-state index is -0.730. The van der Waals surface area contributed by atoms with Gasteiger partial charge in [0.25, 0.3) is 0 Å². The lowest BCUT2D eigenvalue weighted by Gasteiger charge is -2.29. The Labute approximate surface area is 117 Å². The highest BCUT2D eigenvalue weighted by atomic mass is 19.1. The first-order valence-corrected chi connectivity index (χ1v) is 6.86. The summed E-state index contributed by atoms with van der Waals surface area (Å²) < 4.78 is 14.1. The van der Waals surface area contributed by atoms with Crippen LogP contribution in [0.25, 0.3) is 0 Å². The predicted molar refractivity (Wildman–Crippen MR) is 74.7 cm³/mol. The maximum Gasteiger partial charge on any atom is 0.305 e. The zero-order valence-corrected chi connectivity index (χ0v) is 11.6. The number of nitro benzene ring substituents is 1. The van der Waals surface area contributed by atoms with E-state index in [1.54, 1.807) is 6.07 Å². The first-order valence-electron chi connectivity index (χ1n) is 6.86. The number of benzene rings is 1. The molecule has 0 saturated heterocycles. The Morgan fingerprint density at radius 1 is 1.50 bits per heavy atom. The highest BCUT2D eigenvalue weighted by Gasteiger charge is 2.30. The van der Waals surface area contributed by atoms with Crippen molar-refractivity contribution < 1.29 is 9.31 Å². The van der Waals surface area contributed by atoms with Gasteiger partial charge in [-0.25, -0.2) is 0 Å². The van der Waals surface area contributed by atoms with E-state index in [2.05, 4.69) is 4.90 Å². The van der Waals surface area contributed by atoms with Crippen LogP contribution in [-0.4, -0.2) is 29.5 Å². The lowest BCUT2D eigenvalue weighted by atomic mass is 10.0. The zero-order chi connectivity index (χ0) is 14.7. The SMILES string of the molecule is CN(Cc1cccc([N+](=O)[O-])c1F)C1CCCC1CN. The van der Waals surface area contributed by atoms with Gasteiger partial charge in [0.15, 0.2) is 0 Å². The third-order valence-corrected chi connectivity index (χ3v) is 4.16. The summed E-state index contributed by atoms with van der Waals surface area (Å²) in [6.07, 6.45) is 3.28. The van der Waals surface area contributed by atoms with E-state index >= 15 is 0 Å². The topological polar surface area (TPSA) is 72.4 Å². The molecule has 0 heterocycles. The van der Waals surface area contributed by atoms with Crippen molar-refractivity contribution in [2.24, 2.45) is 11.7 Å². The highest BCUT2D eigenvalue weighted by molar-refractivity contribution is 5.36. The molecule has 2 unspecified atom stereocenters. The number of nitrogens with two attached hydrogens (primary N) is 1. The molecule has 0 bridgehead atoms. The molecule has 0 radical (unpaired) electrons. The number of rotatable bonds is 5. The summed E-state index contributed by atoms with van der Waals surface area (Å²) in [4.78, 5) is 12.1. The Kier molecular flexibility index (Phi) is 4.67. The summed E-state index contributed by atoms with van der Waals surface area (Å²) in [5.41, 5.74) is 5.66. The van der Waals surface area contributed by atoms with Crippen molar-refractivity contribution in [3.05, 3.63) is 39.7 Å². The van der Waals surface area contributed by atoms with Crippen molar-refractivity contribution in [2.75, 3.05) is 13.6 Å². The van der Waals surface area contributed by atoms with Gasteiger partial charge in [-0.05, 0) is 32.4 Å². The van der Waals surface area contributed by atoms with E-state index in [-0.39, 0.29) is 0 Å². The van der Waals surface area contributed by atoms with Crippen LogP contribution in [0, 0.1) is 21.8 Å². The molecular weight excluding hydrogens is 261 g/mol. The third kappa shape index (κ3) is 2.96. The summed E-state index contributed by atoms with van der Waals surface area (Å²) in [7, 11) is 1.93. The molecule has 1 fully saturated rings. The van der Waals surface area contributed by atoms with Crippen LogP contribution in [-0.2, 0) is 6.54 Å². The summed E-state index contributed by atoms with van der Waals surface area (Å²) in [5, 5.41) is 10.7. The van der Waals surface area contributed by atoms with Crippen LogP contribution >= 0.6 is 0 Å². The molecular formula is C14H20FN3O2. The molecule has 6 heteroatoms. The number of nitrogens with zero attached hydrogens (tertiary/aromatic N) is 2. The lowest BCUT2D eigenvalue weighted by molar-refractivity contribution is -0.387. The number of hydrogen-bond acceptors (Lipinski definition) is 4. The Morgan fingerprint density at radius 2 is 2.25 bits per heavy atom. The standard InChI is InChI=1S/C14H20FN3O2/c1-17(12-6-2-4-10(12)8-16)9-11-5-3-7-13(14(11)15)18(19)20/h3,5,7,10,12H,2,4,6,8-9,16H2,1H3. The molecule has 1 aliphatic rings. The fraction of sp³-hybridized carbons (Fsp3) is 0.571. The van der Waals surface area contributed by atoms with Gasteiger partial charge in [0.1, 0.15) is 0 Å². The van der Waals surface area contributed by atoms with E-state index < -0.39 is 16.4 Å². The molecule has 2 rings (SSSR count). The average Bonchev–Trinajstić information content (AvgIpc) is 2.89. The largest absolute Gasteiger partial charge is 0.330 e. The molecule has 20 heavy (non-hydrogen) atoms. The molecule has 110 valence electrons. The smallest absolute Gasteiger partial charge is 0.305 e. The Bertz CT molecular complexity index is 495. The van der Waals surface area contributed by atoms with Crippen molar-refractivity contribution >= 4 is 5.69 Å². The summed E-state index contributed by atoms with van der Waals surface area (Å²) in [5.74, 6) is -0.298. The lowest BCUT2D eigenvalue weighted by Crippen LogP contribution is -2.37. The molecule has 0 aliphatic heterocycles. The van der Waals surface area contributed by atoms with E-state index in [9.17, 15) is 14.5 Å². The van der Waals surface area contributed by atoms with Crippen LogP contribution in [0.5, 0.6) is 0 Å². The van der Waals surface area contributed by atoms with Gasteiger partial charge in [-0.15, -0.1) is 0 Å². The molecule has 0 amide bonds. The van der Waals surface area contributed by atoms with Gasteiger partial charge >= 0.3 is 5.69 Å². The molecule has 1 aromatic rings. The van der Waals surface area contributed by atoms with E-state index in [1.165, 1.54) is 12.1 Å². The van der Waals surface area contributed by atoms with Crippen LogP contribution in [0.3, 0.4) is 0 Å². The number of nitro groups is 1. The maximum atomic E-state index is 14.1. The minimum Gasteiger partial charge on any atom is -0.330 e. The molecule has 1 aromatic carbocycles. The van der Waals surface area contributed by atoms with E-state index in [1.807, 2.05) is 7.05 Å². The molecule has 0 aromatic heterocycles. The van der Waals surface area contributed by atoms with Crippen molar-refractivity contribution in [3.8, 4) is 0 Å². The van der Waals surface area contributed by atoms with Crippen LogP contribution < -0.4 is 5.73 Å². The quantitative estimate of drug-likeness (QED) is 0.664. The number of hydrogen-bond donors (Lipinski definition) is 1. The second-order valence-electron chi connectivity index (χ2n) is 5.42. The highest BCUT2D eigenvalue weighted by Crippen LogP contribution is 2.30. The fourth-order valence-corrected chi connectivity index (χ4v) is 3.09. The minimum absolute atomic E-state index is 0.332. The molecule has 1 saturated carbocycles. The molecule has 2 N–H and O–H groups in total. The third-order valence-electron chi connectivity index (χ3n) is 4.16. The Balaban J connectivity index is 2.13. The van der Waals surface area contributed by atoms with Gasteiger partial charge in [-0.2, -0.15) is 4.39 Å². The second-order valence-corrected chi connectivity index (χ2v) is 5.42. The molecule has 0 spiro atoms. The maximum absolute atomic E-state index is 14.1. The van der Waals surface area contributed by atoms with E-state index in [4.69, 9.17) is 5.73 Å². The fourth-order valence-electron chi connectivity index (χ4n) is 3.09. The predicted octanol–water partition coefficient (Wildman–Crippen LogP) is 2.29. The van der Waals surface area contributed by atoms with Crippen LogP contribution in [0.15, 0.2) is 18.2 Å². The van der Waals surface area contributed by atoms with Gasteiger partial charge in [-0.1, -0.05) is 18.6 Å². The molecule has 1 aliphatic carbocycles. The van der Waals surface area contributed by atoms with Crippen molar-refractivity contribution in [1.82, 2.24) is 4.90 Å². The van der Waals surface area contributed by atoms with E-state index in [0.29, 0.717) is 30.6 Å². The molecule has 5 nitrogen and oxygen atoms in total. The van der Waals surface area contributed by atoms with Gasteiger partial charge in [0, 0.05) is 24.2 Å². The normalized spacial score (nSPS) is 22.4. The second kappa shape index (κ2) is 6.28. The Hall–Kier alpha value is -1.53. The summed E-state index contributed by atoms with van der Waals surface area (Å²) in [6.45, 7) is 1.00. The average molecular weight is 281 g/mol. The van der Waals surface area contributed by atoms with Gasteiger partial charge in [0.05, 0.1) is 4.92 Å². The summed E-state index contributed by atoms with van der Waals surface area (Å²) >= 11 is 0. The monoisotopic (exact) mass is 281 g/mol. The van der Waals surface area contributed by atoms with Gasteiger partial charge < -0.3 is 5.73 Å². The Morgan fingerprint density at radius 3 is 2.90 bits per heavy atom. The van der Waals surface area contributed by atoms with Crippen LogP contribution in [0.1, 0.15) is 24.8 Å². The zero-order valence-electron chi connectivity index (χ0n) is 11.6. The summed E-state index contributed by atoms with van der Waals surface area (Å²) in [6, 6.07) is 4.65. The van der Waals surface area contributed by atoms with Crippen molar-refractivity contribution in [2.45, 2.75) is 31.8 Å².